The molecule has 0 aromatic heterocycles. The predicted molar refractivity (Wildman–Crippen MR) is 120 cm³/mol. The smallest absolute Gasteiger partial charge is 0.244 e. The van der Waals surface area contributed by atoms with Crippen LogP contribution in [-0.4, -0.2) is 57.6 Å². The average Bonchev–Trinajstić information content (AvgIpc) is 2.75. The Morgan fingerprint density at radius 2 is 1.77 bits per heavy atom. The second kappa shape index (κ2) is 10.8. The number of carbonyl (C=O) groups is 2. The molecule has 0 aliphatic heterocycles. The van der Waals surface area contributed by atoms with Crippen molar-refractivity contribution in [3.63, 3.8) is 0 Å². The fourth-order valence-corrected chi connectivity index (χ4v) is 3.93. The summed E-state index contributed by atoms with van der Waals surface area (Å²) in [6.45, 7) is 3.54. The zero-order valence-corrected chi connectivity index (χ0v) is 19.1. The van der Waals surface area contributed by atoms with Crippen LogP contribution < -0.4 is 14.4 Å². The van der Waals surface area contributed by atoms with Gasteiger partial charge in [0.25, 0.3) is 0 Å². The molecule has 0 aliphatic rings. The highest BCUT2D eigenvalue weighted by Gasteiger charge is 2.29. The van der Waals surface area contributed by atoms with Crippen LogP contribution in [0.5, 0.6) is 5.75 Å². The molecule has 1 N–H and O–H groups in total. The Bertz CT molecular complexity index is 995. The molecule has 0 heterocycles. The van der Waals surface area contributed by atoms with E-state index in [2.05, 4.69) is 5.32 Å². The van der Waals surface area contributed by atoms with Gasteiger partial charge in [0.1, 0.15) is 18.3 Å². The van der Waals surface area contributed by atoms with Crippen LogP contribution in [0.2, 0.25) is 0 Å². The highest BCUT2D eigenvalue weighted by atomic mass is 32.2. The van der Waals surface area contributed by atoms with Gasteiger partial charge in [0.2, 0.25) is 21.8 Å². The number of carbonyl (C=O) groups excluding carboxylic acids is 2. The number of hydrogen-bond donors (Lipinski definition) is 1. The van der Waals surface area contributed by atoms with Crippen molar-refractivity contribution in [2.75, 3.05) is 30.8 Å². The van der Waals surface area contributed by atoms with E-state index in [1.165, 1.54) is 4.90 Å². The van der Waals surface area contributed by atoms with Crippen molar-refractivity contribution in [1.82, 2.24) is 10.2 Å². The maximum absolute atomic E-state index is 13.3. The van der Waals surface area contributed by atoms with Crippen LogP contribution in [-0.2, 0) is 26.2 Å². The minimum Gasteiger partial charge on any atom is -0.497 e. The number of anilines is 1. The molecule has 2 rings (SSSR count). The molecule has 0 unspecified atom stereocenters. The van der Waals surface area contributed by atoms with Crippen LogP contribution in [0, 0.1) is 0 Å². The van der Waals surface area contributed by atoms with E-state index in [1.807, 2.05) is 6.07 Å². The quantitative estimate of drug-likeness (QED) is 0.601. The summed E-state index contributed by atoms with van der Waals surface area (Å²) in [4.78, 5) is 27.2. The van der Waals surface area contributed by atoms with E-state index in [0.717, 1.165) is 16.1 Å². The van der Waals surface area contributed by atoms with Gasteiger partial charge >= 0.3 is 0 Å². The molecular formula is C22H29N3O5S. The van der Waals surface area contributed by atoms with Gasteiger partial charge in [-0.1, -0.05) is 30.3 Å². The summed E-state index contributed by atoms with van der Waals surface area (Å²) in [5.41, 5.74) is 1.14. The molecule has 9 heteroatoms. The number of para-hydroxylation sites is 1. The first kappa shape index (κ1) is 24.2. The maximum atomic E-state index is 13.3. The van der Waals surface area contributed by atoms with E-state index in [-0.39, 0.29) is 12.5 Å². The summed E-state index contributed by atoms with van der Waals surface area (Å²) >= 11 is 0. The summed E-state index contributed by atoms with van der Waals surface area (Å²) in [6.07, 6.45) is 1.05. The Labute approximate surface area is 183 Å². The molecule has 0 fully saturated rings. The summed E-state index contributed by atoms with van der Waals surface area (Å²) in [6, 6.07) is 14.8. The summed E-state index contributed by atoms with van der Waals surface area (Å²) in [7, 11) is -2.18. The normalized spacial score (nSPS) is 12.0. The van der Waals surface area contributed by atoms with Crippen LogP contribution in [0.1, 0.15) is 19.4 Å². The topological polar surface area (TPSA) is 96.0 Å². The highest BCUT2D eigenvalue weighted by molar-refractivity contribution is 7.92. The van der Waals surface area contributed by atoms with E-state index in [4.69, 9.17) is 4.74 Å². The third-order valence-electron chi connectivity index (χ3n) is 4.73. The molecule has 0 spiro atoms. The number of methoxy groups -OCH3 is 1. The molecule has 1 atom stereocenters. The molecule has 2 aromatic rings. The molecule has 8 nitrogen and oxygen atoms in total. The van der Waals surface area contributed by atoms with Crippen LogP contribution >= 0.6 is 0 Å². The van der Waals surface area contributed by atoms with Crippen LogP contribution in [0.3, 0.4) is 0 Å². The molecule has 0 bridgehead atoms. The van der Waals surface area contributed by atoms with Crippen molar-refractivity contribution >= 4 is 27.5 Å². The van der Waals surface area contributed by atoms with Gasteiger partial charge in [-0.2, -0.15) is 0 Å². The number of rotatable bonds is 10. The number of benzene rings is 2. The fourth-order valence-electron chi connectivity index (χ4n) is 3.08. The SMILES string of the molecule is CCNC(=O)[C@@H](C)N(Cc1cccc(OC)c1)C(=O)CN(c1ccccc1)S(C)(=O)=O. The first-order valence-corrected chi connectivity index (χ1v) is 11.7. The lowest BCUT2D eigenvalue weighted by molar-refractivity contribution is -0.139. The number of sulfonamides is 1. The third-order valence-corrected chi connectivity index (χ3v) is 5.87. The number of nitrogens with zero attached hydrogens (tertiary/aromatic N) is 2. The maximum Gasteiger partial charge on any atom is 0.244 e. The van der Waals surface area contributed by atoms with E-state index >= 15 is 0 Å². The lowest BCUT2D eigenvalue weighted by Gasteiger charge is -2.31. The number of ether oxygens (including phenoxy) is 1. The van der Waals surface area contributed by atoms with E-state index in [9.17, 15) is 18.0 Å². The van der Waals surface area contributed by atoms with Crippen molar-refractivity contribution in [2.45, 2.75) is 26.4 Å². The summed E-state index contributed by atoms with van der Waals surface area (Å²) in [5, 5.41) is 2.71. The minimum absolute atomic E-state index is 0.126. The summed E-state index contributed by atoms with van der Waals surface area (Å²) < 4.78 is 31.1. The molecule has 168 valence electrons. The van der Waals surface area contributed by atoms with E-state index in [0.29, 0.717) is 18.0 Å². The van der Waals surface area contributed by atoms with Gasteiger partial charge in [-0.15, -0.1) is 0 Å². The minimum atomic E-state index is -3.72. The zero-order valence-electron chi connectivity index (χ0n) is 18.2. The molecule has 31 heavy (non-hydrogen) atoms. The van der Waals surface area contributed by atoms with Gasteiger partial charge in [0, 0.05) is 13.1 Å². The molecular weight excluding hydrogens is 418 g/mol. The van der Waals surface area contributed by atoms with Crippen molar-refractivity contribution in [3.8, 4) is 5.75 Å². The van der Waals surface area contributed by atoms with Gasteiger partial charge < -0.3 is 15.0 Å². The number of amides is 2. The fraction of sp³-hybridized carbons (Fsp3) is 0.364. The zero-order chi connectivity index (χ0) is 23.0. The van der Waals surface area contributed by atoms with Gasteiger partial charge in [0.15, 0.2) is 0 Å². The van der Waals surface area contributed by atoms with Gasteiger partial charge in [-0.3, -0.25) is 13.9 Å². The largest absolute Gasteiger partial charge is 0.497 e. The standard InChI is InChI=1S/C22H29N3O5S/c1-5-23-22(27)17(2)24(15-18-10-9-13-20(14-18)30-3)21(26)16-25(31(4,28)29)19-11-7-6-8-12-19/h6-14,17H,5,15-16H2,1-4H3,(H,23,27)/t17-/m1/s1. The van der Waals surface area contributed by atoms with Gasteiger partial charge in [0.05, 0.1) is 19.1 Å². The number of hydrogen-bond acceptors (Lipinski definition) is 5. The number of nitrogens with one attached hydrogen (secondary N) is 1. The summed E-state index contributed by atoms with van der Waals surface area (Å²) in [5.74, 6) is -0.183. The Kier molecular flexibility index (Phi) is 8.44. The van der Waals surface area contributed by atoms with Crippen molar-refractivity contribution in [2.24, 2.45) is 0 Å². The predicted octanol–water partition coefficient (Wildman–Crippen LogP) is 2.01. The van der Waals surface area contributed by atoms with E-state index in [1.54, 1.807) is 69.5 Å². The molecule has 2 amide bonds. The van der Waals surface area contributed by atoms with Crippen molar-refractivity contribution in [3.05, 3.63) is 60.2 Å². The first-order valence-electron chi connectivity index (χ1n) is 9.90. The van der Waals surface area contributed by atoms with Crippen molar-refractivity contribution < 1.29 is 22.7 Å². The van der Waals surface area contributed by atoms with Gasteiger partial charge in [-0.25, -0.2) is 8.42 Å². The lowest BCUT2D eigenvalue weighted by atomic mass is 10.1. The average molecular weight is 448 g/mol. The third kappa shape index (κ3) is 6.71. The Morgan fingerprint density at radius 1 is 1.10 bits per heavy atom. The van der Waals surface area contributed by atoms with Gasteiger partial charge in [-0.05, 0) is 43.7 Å². The molecule has 0 saturated heterocycles. The van der Waals surface area contributed by atoms with Crippen LogP contribution in [0.15, 0.2) is 54.6 Å². The van der Waals surface area contributed by atoms with Crippen LogP contribution in [0.25, 0.3) is 0 Å². The molecule has 0 saturated carbocycles. The highest BCUT2D eigenvalue weighted by Crippen LogP contribution is 2.19. The molecule has 0 aliphatic carbocycles. The second-order valence-corrected chi connectivity index (χ2v) is 8.96. The molecule has 0 radical (unpaired) electrons. The Morgan fingerprint density at radius 3 is 2.35 bits per heavy atom. The second-order valence-electron chi connectivity index (χ2n) is 7.05. The van der Waals surface area contributed by atoms with Crippen LogP contribution in [0.4, 0.5) is 5.69 Å². The Hall–Kier alpha value is -3.07. The first-order chi connectivity index (χ1) is 14.7. The Balaban J connectivity index is 2.36. The molecule has 2 aromatic carbocycles. The van der Waals surface area contributed by atoms with E-state index < -0.39 is 28.5 Å². The monoisotopic (exact) mass is 447 g/mol. The van der Waals surface area contributed by atoms with Crippen molar-refractivity contribution in [1.29, 1.82) is 0 Å². The lowest BCUT2D eigenvalue weighted by Crippen LogP contribution is -2.51. The number of likely N-dealkylation sites (N-methyl/N-ethyl adjacent to an activating group) is 1.